The Balaban J connectivity index is 2.40. The lowest BCUT2D eigenvalue weighted by Gasteiger charge is -2.02. The third-order valence-electron chi connectivity index (χ3n) is 1.24. The molecule has 0 amide bonds. The fourth-order valence-corrected chi connectivity index (χ4v) is 2.84. The Bertz CT molecular complexity index is 88.1. The first-order valence-corrected chi connectivity index (χ1v) is 5.54. The molecule has 0 unspecified atom stereocenters. The first-order valence-electron chi connectivity index (χ1n) is 2.74. The number of hydrogen-bond acceptors (Lipinski definition) is 0. The van der Waals surface area contributed by atoms with Crippen LogP contribution in [0, 0.1) is 0 Å². The zero-order chi connectivity index (χ0) is 5.11. The summed E-state index contributed by atoms with van der Waals surface area (Å²) in [5, 5.41) is 0. The monoisotopic (exact) mass is 132 g/mol. The van der Waals surface area contributed by atoms with Crippen LogP contribution in [0.1, 0.15) is 19.3 Å². The smallest absolute Gasteiger partial charge is 0.120 e. The van der Waals surface area contributed by atoms with Crippen LogP contribution in [0.4, 0.5) is 0 Å². The first kappa shape index (κ1) is 5.51. The maximum absolute atomic E-state index is 5.86. The maximum Gasteiger partial charge on any atom is 0.120 e. The van der Waals surface area contributed by atoms with Crippen LogP contribution in [0.25, 0.3) is 0 Å². The highest BCUT2D eigenvalue weighted by Crippen LogP contribution is 2.07. The summed E-state index contributed by atoms with van der Waals surface area (Å²) in [6.45, 7) is 0. The van der Waals surface area contributed by atoms with Gasteiger partial charge in [-0.3, -0.25) is 0 Å². The topological polar surface area (TPSA) is 0 Å². The van der Waals surface area contributed by atoms with Crippen molar-refractivity contribution in [3.05, 3.63) is 0 Å². The van der Waals surface area contributed by atoms with Gasteiger partial charge in [-0.25, -0.2) is 0 Å². The van der Waals surface area contributed by atoms with Crippen LogP contribution in [-0.4, -0.2) is 13.4 Å². The molecule has 0 radical (unpaired) electrons. The highest BCUT2D eigenvalue weighted by atomic mass is 35.6. The summed E-state index contributed by atoms with van der Waals surface area (Å²) in [5.41, 5.74) is 2.30. The van der Waals surface area contributed by atoms with Gasteiger partial charge >= 0.3 is 0 Å². The molecule has 7 heavy (non-hydrogen) atoms. The quantitative estimate of drug-likeness (QED) is 0.348. The fraction of sp³-hybridized carbons (Fsp3) is 0.800. The molecule has 0 nitrogen and oxygen atoms in total. The lowest BCUT2D eigenvalue weighted by atomic mass is 10.3. The van der Waals surface area contributed by atoms with E-state index in [-0.39, 0.29) is 0 Å². The van der Waals surface area contributed by atoms with Gasteiger partial charge in [-0.2, -0.15) is 0 Å². The van der Waals surface area contributed by atoms with E-state index in [4.69, 9.17) is 11.1 Å². The minimum atomic E-state index is -0.446. The second-order valence-electron chi connectivity index (χ2n) is 1.90. The Kier molecular flexibility index (Phi) is 2.07. The second-order valence-corrected chi connectivity index (χ2v) is 5.16. The average molecular weight is 133 g/mol. The molecule has 0 spiro atoms. The van der Waals surface area contributed by atoms with E-state index in [0.717, 1.165) is 0 Å². The van der Waals surface area contributed by atoms with Crippen molar-refractivity contribution in [3.63, 3.8) is 0 Å². The molecule has 0 aliphatic carbocycles. The van der Waals surface area contributed by atoms with Crippen LogP contribution >= 0.6 is 11.1 Å². The van der Waals surface area contributed by atoms with Crippen LogP contribution in [0.15, 0.2) is 0 Å². The van der Waals surface area contributed by atoms with Crippen LogP contribution in [0.2, 0.25) is 6.04 Å². The van der Waals surface area contributed by atoms with Gasteiger partial charge in [0.15, 0.2) is 0 Å². The molecule has 0 atom stereocenters. The van der Waals surface area contributed by atoms with Gasteiger partial charge < -0.3 is 0 Å². The van der Waals surface area contributed by atoms with E-state index in [1.807, 2.05) is 0 Å². The van der Waals surface area contributed by atoms with E-state index < -0.39 is 7.72 Å². The zero-order valence-corrected chi connectivity index (χ0v) is 6.04. The van der Waals surface area contributed by atoms with E-state index in [1.165, 1.54) is 25.3 Å². The third kappa shape index (κ3) is 1.74. The molecule has 0 aromatic heterocycles. The van der Waals surface area contributed by atoms with Gasteiger partial charge in [0.2, 0.25) is 0 Å². The van der Waals surface area contributed by atoms with Crippen molar-refractivity contribution in [2.45, 2.75) is 25.3 Å². The molecule has 0 aromatic rings. The van der Waals surface area contributed by atoms with Crippen molar-refractivity contribution in [2.24, 2.45) is 0 Å². The molecule has 0 bridgehead atoms. The van der Waals surface area contributed by atoms with Gasteiger partial charge in [-0.1, -0.05) is 18.5 Å². The van der Waals surface area contributed by atoms with Crippen LogP contribution < -0.4 is 0 Å². The average Bonchev–Trinajstić information content (AvgIpc) is 1.69. The summed E-state index contributed by atoms with van der Waals surface area (Å²) < 4.78 is 0. The van der Waals surface area contributed by atoms with Crippen LogP contribution in [-0.2, 0) is 0 Å². The van der Waals surface area contributed by atoms with Gasteiger partial charge in [0, 0.05) is 0 Å². The summed E-state index contributed by atoms with van der Waals surface area (Å²) in [4.78, 5) is 0. The summed E-state index contributed by atoms with van der Waals surface area (Å²) in [7, 11) is -0.446. The minimum Gasteiger partial charge on any atom is -0.139 e. The van der Waals surface area contributed by atoms with Gasteiger partial charge in [0.1, 0.15) is 7.72 Å². The lowest BCUT2D eigenvalue weighted by Crippen LogP contribution is -2.01. The molecule has 2 heteroatoms. The molecule has 0 fully saturated rings. The van der Waals surface area contributed by atoms with E-state index in [0.29, 0.717) is 0 Å². The number of halogens is 1. The van der Waals surface area contributed by atoms with Gasteiger partial charge in [0.25, 0.3) is 0 Å². The normalized spacial score (nSPS) is 21.6. The van der Waals surface area contributed by atoms with Crippen molar-refractivity contribution < 1.29 is 0 Å². The number of rotatable bonds is 0. The zero-order valence-electron chi connectivity index (χ0n) is 4.28. The Hall–Kier alpha value is 0.377. The third-order valence-corrected chi connectivity index (χ3v) is 3.83. The molecule has 0 aromatic carbocycles. The minimum absolute atomic E-state index is 0.446. The van der Waals surface area contributed by atoms with Crippen molar-refractivity contribution in [2.75, 3.05) is 0 Å². The fourth-order valence-electron chi connectivity index (χ4n) is 0.799. The molecular formula is C5H9ClSi. The largest absolute Gasteiger partial charge is 0.139 e. The Morgan fingerprint density at radius 3 is 2.57 bits per heavy atom. The summed E-state index contributed by atoms with van der Waals surface area (Å²) in [5.74, 6) is 0. The van der Waals surface area contributed by atoms with Crippen molar-refractivity contribution >= 4 is 24.5 Å². The molecule has 0 saturated carbocycles. The Morgan fingerprint density at radius 1 is 1.43 bits per heavy atom. The first-order chi connectivity index (χ1) is 3.39. The standard InChI is InChI=1S/C5H9ClSi/c6-7-4-2-1-3-5-7/h4H,1-3,5H2. The van der Waals surface area contributed by atoms with Crippen LogP contribution in [0.3, 0.4) is 0 Å². The SMILES string of the molecule is Cl[Si]1=CCCCC1. The Labute approximate surface area is 50.4 Å². The van der Waals surface area contributed by atoms with Crippen molar-refractivity contribution in [3.8, 4) is 0 Å². The maximum atomic E-state index is 5.86. The number of hydrogen-bond donors (Lipinski definition) is 0. The molecule has 1 aliphatic rings. The van der Waals surface area contributed by atoms with E-state index >= 15 is 0 Å². The molecule has 1 rings (SSSR count). The van der Waals surface area contributed by atoms with E-state index in [9.17, 15) is 0 Å². The second kappa shape index (κ2) is 2.63. The lowest BCUT2D eigenvalue weighted by molar-refractivity contribution is 0.832. The molecule has 1 heterocycles. The molecule has 40 valence electrons. The van der Waals surface area contributed by atoms with Gasteiger partial charge in [0.05, 0.1) is 0 Å². The van der Waals surface area contributed by atoms with Gasteiger partial charge in [-0.15, -0.1) is 11.1 Å². The van der Waals surface area contributed by atoms with E-state index in [2.05, 4.69) is 5.67 Å². The summed E-state index contributed by atoms with van der Waals surface area (Å²) >= 11 is 5.86. The molecule has 0 saturated heterocycles. The highest BCUT2D eigenvalue weighted by molar-refractivity contribution is 7.08. The molecule has 1 aliphatic heterocycles. The van der Waals surface area contributed by atoms with Crippen LogP contribution in [0.5, 0.6) is 0 Å². The van der Waals surface area contributed by atoms with Crippen molar-refractivity contribution in [1.82, 2.24) is 0 Å². The molecule has 0 N–H and O–H groups in total. The highest BCUT2D eigenvalue weighted by Gasteiger charge is 1.98. The Morgan fingerprint density at radius 2 is 2.29 bits per heavy atom. The predicted molar refractivity (Wildman–Crippen MR) is 36.3 cm³/mol. The van der Waals surface area contributed by atoms with Gasteiger partial charge in [-0.05, 0) is 12.5 Å². The van der Waals surface area contributed by atoms with Crippen molar-refractivity contribution in [1.29, 1.82) is 0 Å². The molecular weight excluding hydrogens is 124 g/mol. The summed E-state index contributed by atoms with van der Waals surface area (Å²) in [6, 6.07) is 1.30. The predicted octanol–water partition coefficient (Wildman–Crippen LogP) is 1.78. The van der Waals surface area contributed by atoms with E-state index in [1.54, 1.807) is 0 Å². The summed E-state index contributed by atoms with van der Waals surface area (Å²) in [6.07, 6.45) is 4.02.